The average molecular weight is 417 g/mol. The van der Waals surface area contributed by atoms with Crippen molar-refractivity contribution in [1.82, 2.24) is 4.90 Å². The second-order valence-electron chi connectivity index (χ2n) is 8.76. The topological polar surface area (TPSA) is 113 Å². The second-order valence-corrected chi connectivity index (χ2v) is 8.76. The van der Waals surface area contributed by atoms with Gasteiger partial charge in [0, 0.05) is 31.1 Å². The van der Waals surface area contributed by atoms with Gasteiger partial charge in [-0.2, -0.15) is 5.11 Å². The molecule has 4 rings (SSSR count). The lowest BCUT2D eigenvalue weighted by Gasteiger charge is -2.44. The van der Waals surface area contributed by atoms with Crippen LogP contribution >= 0.6 is 0 Å². The van der Waals surface area contributed by atoms with E-state index in [2.05, 4.69) is 20.3 Å². The minimum Gasteiger partial charge on any atom is -0.493 e. The molecule has 0 spiro atoms. The molecule has 0 aromatic heterocycles. The van der Waals surface area contributed by atoms with Crippen molar-refractivity contribution in [3.63, 3.8) is 0 Å². The van der Waals surface area contributed by atoms with Crippen LogP contribution in [0, 0.1) is 0 Å². The van der Waals surface area contributed by atoms with Gasteiger partial charge in [0.1, 0.15) is 17.5 Å². The molecule has 0 bridgehead atoms. The maximum atomic E-state index is 13.4. The van der Waals surface area contributed by atoms with Crippen LogP contribution in [0.4, 0.5) is 4.39 Å². The number of benzene rings is 1. The number of aliphatic carboxylic acids is 1. The minimum atomic E-state index is -1.17. The number of fused-ring (bicyclic) bond motifs is 1. The van der Waals surface area contributed by atoms with Crippen LogP contribution in [0.1, 0.15) is 49.7 Å². The molecule has 0 saturated carbocycles. The van der Waals surface area contributed by atoms with E-state index in [4.69, 9.17) is 10.5 Å². The van der Waals surface area contributed by atoms with Crippen molar-refractivity contribution in [2.75, 3.05) is 19.7 Å². The van der Waals surface area contributed by atoms with Gasteiger partial charge in [-0.05, 0) is 43.0 Å². The highest BCUT2D eigenvalue weighted by molar-refractivity contribution is 5.79. The molecule has 9 heteroatoms. The van der Waals surface area contributed by atoms with Crippen molar-refractivity contribution < 1.29 is 19.0 Å². The lowest BCUT2D eigenvalue weighted by atomic mass is 9.65. The van der Waals surface area contributed by atoms with E-state index in [1.54, 1.807) is 13.1 Å². The van der Waals surface area contributed by atoms with Crippen LogP contribution in [0.5, 0.6) is 5.75 Å². The third-order valence-corrected chi connectivity index (χ3v) is 6.52. The Morgan fingerprint density at radius 3 is 2.83 bits per heavy atom. The van der Waals surface area contributed by atoms with Crippen molar-refractivity contribution in [2.24, 2.45) is 21.2 Å². The Morgan fingerprint density at radius 2 is 2.17 bits per heavy atom. The molecule has 1 saturated heterocycles. The summed E-state index contributed by atoms with van der Waals surface area (Å²) in [6.07, 6.45) is 2.43. The van der Waals surface area contributed by atoms with E-state index in [-0.39, 0.29) is 12.3 Å². The number of nitrogens with two attached hydrogens (primary N) is 1. The van der Waals surface area contributed by atoms with Crippen LogP contribution in [-0.2, 0) is 11.3 Å². The first-order valence-corrected chi connectivity index (χ1v) is 10.4. The predicted octanol–water partition coefficient (Wildman–Crippen LogP) is 2.87. The first-order chi connectivity index (χ1) is 14.3. The zero-order valence-corrected chi connectivity index (χ0v) is 17.1. The molecule has 3 atom stereocenters. The van der Waals surface area contributed by atoms with Crippen LogP contribution in [0.25, 0.3) is 0 Å². The van der Waals surface area contributed by atoms with Crippen molar-refractivity contribution >= 4 is 12.2 Å². The van der Waals surface area contributed by atoms with E-state index >= 15 is 0 Å². The Kier molecular flexibility index (Phi) is 5.59. The molecule has 3 N–H and O–H groups in total. The van der Waals surface area contributed by atoms with Gasteiger partial charge in [-0.1, -0.05) is 12.1 Å². The third kappa shape index (κ3) is 3.83. The summed E-state index contributed by atoms with van der Waals surface area (Å²) in [7, 11) is 0. The Morgan fingerprint density at radius 1 is 1.40 bits per heavy atom. The fourth-order valence-corrected chi connectivity index (χ4v) is 4.82. The Labute approximate surface area is 175 Å². The van der Waals surface area contributed by atoms with Gasteiger partial charge in [0.2, 0.25) is 0 Å². The van der Waals surface area contributed by atoms with Crippen LogP contribution in [-0.4, -0.2) is 59.1 Å². The number of hydrogen-bond acceptors (Lipinski definition) is 7. The first kappa shape index (κ1) is 20.9. The minimum absolute atomic E-state index is 0.193. The summed E-state index contributed by atoms with van der Waals surface area (Å²) < 4.78 is 19.3. The molecule has 3 aliphatic rings. The van der Waals surface area contributed by atoms with Crippen LogP contribution in [0.3, 0.4) is 0 Å². The van der Waals surface area contributed by atoms with Gasteiger partial charge in [0.05, 0.1) is 24.8 Å². The standard InChI is InChI=1S/C21H28FN5O3/c1-20(23,11-19(28)29)21(13-24-26-25-21)17-6-9-30-18-10-14(2-3-16(17)18)12-27-7-4-15(22)5-8-27/h2-3,10,13,15,17H,4-9,11-12,23H2,1H3,(H,28,29). The molecule has 3 heterocycles. The molecular weight excluding hydrogens is 389 g/mol. The van der Waals surface area contributed by atoms with Crippen molar-refractivity contribution in [3.05, 3.63) is 29.3 Å². The third-order valence-electron chi connectivity index (χ3n) is 6.52. The highest BCUT2D eigenvalue weighted by Gasteiger charge is 2.55. The summed E-state index contributed by atoms with van der Waals surface area (Å²) in [6, 6.07) is 6.08. The van der Waals surface area contributed by atoms with Crippen LogP contribution in [0.2, 0.25) is 0 Å². The van der Waals surface area contributed by atoms with Crippen molar-refractivity contribution in [1.29, 1.82) is 0 Å². The quantitative estimate of drug-likeness (QED) is 0.739. The molecular formula is C21H28FN5O3. The first-order valence-electron chi connectivity index (χ1n) is 10.4. The zero-order valence-electron chi connectivity index (χ0n) is 17.1. The fourth-order valence-electron chi connectivity index (χ4n) is 4.82. The maximum Gasteiger partial charge on any atom is 0.305 e. The molecule has 30 heavy (non-hydrogen) atoms. The van der Waals surface area contributed by atoms with Crippen molar-refractivity contribution in [2.45, 2.75) is 62.3 Å². The Balaban J connectivity index is 1.61. The van der Waals surface area contributed by atoms with Crippen LogP contribution < -0.4 is 10.5 Å². The Bertz CT molecular complexity index is 852. The number of halogens is 1. The predicted molar refractivity (Wildman–Crippen MR) is 110 cm³/mol. The lowest BCUT2D eigenvalue weighted by Crippen LogP contribution is -2.62. The highest BCUT2D eigenvalue weighted by Crippen LogP contribution is 2.48. The molecule has 8 nitrogen and oxygen atoms in total. The molecule has 3 aliphatic heterocycles. The zero-order chi connectivity index (χ0) is 21.4. The SMILES string of the molecule is CC(N)(CC(=O)O)C1(C2CCOc3cc(CN4CCC(F)CC4)ccc32)C=NN=N1. The van der Waals surface area contributed by atoms with Gasteiger partial charge in [-0.3, -0.25) is 9.69 Å². The number of likely N-dealkylation sites (tertiary alicyclic amines) is 1. The summed E-state index contributed by atoms with van der Waals surface area (Å²) in [6.45, 7) is 4.41. The smallest absolute Gasteiger partial charge is 0.305 e. The maximum absolute atomic E-state index is 13.4. The van der Waals surface area contributed by atoms with Crippen molar-refractivity contribution in [3.8, 4) is 5.75 Å². The summed E-state index contributed by atoms with van der Waals surface area (Å²) in [5.41, 5.74) is 6.32. The number of alkyl halides is 1. The summed E-state index contributed by atoms with van der Waals surface area (Å²) in [4.78, 5) is 13.7. The lowest BCUT2D eigenvalue weighted by molar-refractivity contribution is -0.138. The van der Waals surface area contributed by atoms with Gasteiger partial charge in [-0.15, -0.1) is 5.10 Å². The molecule has 0 radical (unpaired) electrons. The number of carbonyl (C=O) groups is 1. The average Bonchev–Trinajstić information content (AvgIpc) is 3.20. The number of piperidine rings is 1. The monoisotopic (exact) mass is 417 g/mol. The second kappa shape index (κ2) is 8.03. The Hall–Kier alpha value is -2.39. The number of nitrogens with zero attached hydrogens (tertiary/aromatic N) is 4. The van der Waals surface area contributed by atoms with Gasteiger partial charge in [0.25, 0.3) is 0 Å². The number of carboxylic acid groups (broad SMARTS) is 1. The molecule has 1 aromatic carbocycles. The molecule has 0 amide bonds. The largest absolute Gasteiger partial charge is 0.493 e. The fraction of sp³-hybridized carbons (Fsp3) is 0.619. The van der Waals surface area contributed by atoms with E-state index in [0.717, 1.165) is 36.5 Å². The van der Waals surface area contributed by atoms with E-state index in [1.807, 2.05) is 18.2 Å². The van der Waals surface area contributed by atoms with Gasteiger partial charge in [-0.25, -0.2) is 4.39 Å². The summed E-state index contributed by atoms with van der Waals surface area (Å²) in [5, 5.41) is 21.5. The normalized spacial score (nSPS) is 28.7. The molecule has 1 fully saturated rings. The molecule has 0 aliphatic carbocycles. The van der Waals surface area contributed by atoms with Crippen LogP contribution in [0.15, 0.2) is 33.6 Å². The number of hydrogen-bond donors (Lipinski definition) is 2. The number of ether oxygens (including phenoxy) is 1. The molecule has 3 unspecified atom stereocenters. The number of rotatable bonds is 6. The van der Waals surface area contributed by atoms with E-state index in [1.165, 1.54) is 0 Å². The van der Waals surface area contributed by atoms with E-state index < -0.39 is 23.2 Å². The summed E-state index contributed by atoms with van der Waals surface area (Å²) in [5.74, 6) is -0.429. The van der Waals surface area contributed by atoms with E-state index in [9.17, 15) is 14.3 Å². The highest BCUT2D eigenvalue weighted by atomic mass is 19.1. The molecule has 162 valence electrons. The van der Waals surface area contributed by atoms with Gasteiger partial charge < -0.3 is 15.6 Å². The van der Waals surface area contributed by atoms with E-state index in [0.29, 0.717) is 25.9 Å². The van der Waals surface area contributed by atoms with Gasteiger partial charge >= 0.3 is 5.97 Å². The summed E-state index contributed by atoms with van der Waals surface area (Å²) >= 11 is 0. The molecule has 1 aromatic rings. The number of carboxylic acids is 1. The van der Waals surface area contributed by atoms with Gasteiger partial charge in [0.15, 0.2) is 0 Å².